The molecule has 2 aromatic heterocycles. The van der Waals surface area contributed by atoms with Crippen molar-refractivity contribution < 1.29 is 4.52 Å². The Morgan fingerprint density at radius 1 is 1.48 bits per heavy atom. The Kier molecular flexibility index (Phi) is 4.73. The first-order chi connectivity index (χ1) is 10.2. The Morgan fingerprint density at radius 2 is 2.24 bits per heavy atom. The van der Waals surface area contributed by atoms with Crippen LogP contribution in [0.3, 0.4) is 0 Å². The van der Waals surface area contributed by atoms with Crippen LogP contribution in [-0.2, 0) is 0 Å². The molecular formula is C14H19BrN4OS. The molecule has 1 N–H and O–H groups in total. The van der Waals surface area contributed by atoms with Gasteiger partial charge in [0.25, 0.3) is 5.89 Å². The van der Waals surface area contributed by atoms with Crippen LogP contribution in [0.25, 0.3) is 10.8 Å². The molecule has 1 aliphatic rings. The highest BCUT2D eigenvalue weighted by Gasteiger charge is 2.25. The third-order valence-electron chi connectivity index (χ3n) is 3.79. The summed E-state index contributed by atoms with van der Waals surface area (Å²) in [6, 6.07) is 2.33. The lowest BCUT2D eigenvalue weighted by Gasteiger charge is -2.32. The summed E-state index contributed by atoms with van der Waals surface area (Å²) in [5.41, 5.74) is 1.20. The van der Waals surface area contributed by atoms with Gasteiger partial charge in [0.05, 0.1) is 14.7 Å². The normalized spacial score (nSPS) is 18.0. The fourth-order valence-corrected chi connectivity index (χ4v) is 4.09. The molecule has 1 saturated heterocycles. The lowest BCUT2D eigenvalue weighted by molar-refractivity contribution is 0.160. The Hall–Kier alpha value is -0.760. The number of aromatic nitrogens is 2. The van der Waals surface area contributed by atoms with Crippen LogP contribution in [0, 0.1) is 6.92 Å². The number of rotatable bonds is 4. The smallest absolute Gasteiger partial charge is 0.268 e. The number of nitrogens with zero attached hydrogens (tertiary/aromatic N) is 3. The summed E-state index contributed by atoms with van der Waals surface area (Å²) < 4.78 is 6.60. The SMILES string of the molecule is CCC(c1noc(-c2cc(C)c(Br)s2)n1)N1CCNCC1. The molecule has 0 aromatic carbocycles. The minimum absolute atomic E-state index is 0.245. The highest BCUT2D eigenvalue weighted by atomic mass is 79.9. The third-order valence-corrected chi connectivity index (χ3v) is 5.91. The number of hydrogen-bond donors (Lipinski definition) is 1. The third kappa shape index (κ3) is 3.21. The van der Waals surface area contributed by atoms with Crippen LogP contribution in [0.15, 0.2) is 14.4 Å². The summed E-state index contributed by atoms with van der Waals surface area (Å²) in [4.78, 5) is 8.08. The van der Waals surface area contributed by atoms with Gasteiger partial charge in [-0.15, -0.1) is 11.3 Å². The van der Waals surface area contributed by atoms with Crippen molar-refractivity contribution in [1.29, 1.82) is 0 Å². The molecule has 3 rings (SSSR count). The molecule has 2 aromatic rings. The number of halogens is 1. The largest absolute Gasteiger partial charge is 0.333 e. The van der Waals surface area contributed by atoms with E-state index in [1.807, 2.05) is 0 Å². The van der Waals surface area contributed by atoms with Gasteiger partial charge >= 0.3 is 0 Å². The van der Waals surface area contributed by atoms with E-state index in [0.29, 0.717) is 5.89 Å². The van der Waals surface area contributed by atoms with Crippen molar-refractivity contribution in [1.82, 2.24) is 20.4 Å². The molecule has 21 heavy (non-hydrogen) atoms. The van der Waals surface area contributed by atoms with Gasteiger partial charge in [-0.2, -0.15) is 4.98 Å². The van der Waals surface area contributed by atoms with E-state index >= 15 is 0 Å². The van der Waals surface area contributed by atoms with Gasteiger partial charge in [0.15, 0.2) is 5.82 Å². The summed E-state index contributed by atoms with van der Waals surface area (Å²) in [7, 11) is 0. The lowest BCUT2D eigenvalue weighted by Crippen LogP contribution is -2.45. The maximum atomic E-state index is 5.48. The van der Waals surface area contributed by atoms with E-state index in [1.165, 1.54) is 5.56 Å². The van der Waals surface area contributed by atoms with Crippen LogP contribution in [-0.4, -0.2) is 41.2 Å². The van der Waals surface area contributed by atoms with E-state index in [4.69, 9.17) is 4.52 Å². The molecule has 0 spiro atoms. The van der Waals surface area contributed by atoms with Gasteiger partial charge in [0.2, 0.25) is 0 Å². The van der Waals surface area contributed by atoms with E-state index in [1.54, 1.807) is 11.3 Å². The Bertz CT molecular complexity index is 586. The molecule has 0 aliphatic carbocycles. The van der Waals surface area contributed by atoms with Crippen molar-refractivity contribution in [2.75, 3.05) is 26.2 Å². The monoisotopic (exact) mass is 370 g/mol. The molecule has 1 fully saturated rings. The van der Waals surface area contributed by atoms with E-state index in [0.717, 1.165) is 47.1 Å². The van der Waals surface area contributed by atoms with Gasteiger partial charge < -0.3 is 9.84 Å². The van der Waals surface area contributed by atoms with Gasteiger partial charge in [0.1, 0.15) is 0 Å². The summed E-state index contributed by atoms with van der Waals surface area (Å²) in [5, 5.41) is 7.60. The van der Waals surface area contributed by atoms with Crippen LogP contribution >= 0.6 is 27.3 Å². The van der Waals surface area contributed by atoms with Gasteiger partial charge in [-0.1, -0.05) is 12.1 Å². The summed E-state index contributed by atoms with van der Waals surface area (Å²) in [6.07, 6.45) is 0.992. The molecule has 0 bridgehead atoms. The van der Waals surface area contributed by atoms with Crippen molar-refractivity contribution in [3.63, 3.8) is 0 Å². The molecule has 0 radical (unpaired) electrons. The zero-order valence-corrected chi connectivity index (χ0v) is 14.6. The van der Waals surface area contributed by atoms with Crippen molar-refractivity contribution in [2.24, 2.45) is 0 Å². The molecule has 114 valence electrons. The number of hydrogen-bond acceptors (Lipinski definition) is 6. The first-order valence-corrected chi connectivity index (χ1v) is 8.84. The highest BCUT2D eigenvalue weighted by molar-refractivity contribution is 9.11. The number of thiophene rings is 1. The Labute approximate surface area is 136 Å². The number of piperazine rings is 1. The van der Waals surface area contributed by atoms with Gasteiger partial charge in [-0.05, 0) is 40.9 Å². The van der Waals surface area contributed by atoms with E-state index in [9.17, 15) is 0 Å². The van der Waals surface area contributed by atoms with Crippen LogP contribution in [0.2, 0.25) is 0 Å². The standard InChI is InChI=1S/C14H19BrN4OS/c1-3-10(19-6-4-16-5-7-19)13-17-14(20-18-13)11-8-9(2)12(15)21-11/h8,10,16H,3-7H2,1-2H3. The first kappa shape index (κ1) is 15.1. The maximum absolute atomic E-state index is 5.48. The molecular weight excluding hydrogens is 352 g/mol. The average molecular weight is 371 g/mol. The number of nitrogens with one attached hydrogen (secondary N) is 1. The molecule has 0 amide bonds. The maximum Gasteiger partial charge on any atom is 0.268 e. The minimum atomic E-state index is 0.245. The van der Waals surface area contributed by atoms with E-state index in [-0.39, 0.29) is 6.04 Å². The zero-order chi connectivity index (χ0) is 14.8. The summed E-state index contributed by atoms with van der Waals surface area (Å²) in [6.45, 7) is 8.36. The van der Waals surface area contributed by atoms with Crippen molar-refractivity contribution >= 4 is 27.3 Å². The molecule has 7 heteroatoms. The van der Waals surface area contributed by atoms with E-state index in [2.05, 4.69) is 56.2 Å². The van der Waals surface area contributed by atoms with E-state index < -0.39 is 0 Å². The second kappa shape index (κ2) is 6.56. The zero-order valence-electron chi connectivity index (χ0n) is 12.2. The molecule has 1 unspecified atom stereocenters. The first-order valence-electron chi connectivity index (χ1n) is 7.23. The predicted octanol–water partition coefficient (Wildman–Crippen LogP) is 3.23. The molecule has 5 nitrogen and oxygen atoms in total. The fraction of sp³-hybridized carbons (Fsp3) is 0.571. The quantitative estimate of drug-likeness (QED) is 0.895. The Morgan fingerprint density at radius 3 is 2.86 bits per heavy atom. The van der Waals surface area contributed by atoms with Crippen LogP contribution < -0.4 is 5.32 Å². The average Bonchev–Trinajstić information content (AvgIpc) is 3.09. The van der Waals surface area contributed by atoms with Crippen molar-refractivity contribution in [3.8, 4) is 10.8 Å². The van der Waals surface area contributed by atoms with Crippen LogP contribution in [0.4, 0.5) is 0 Å². The van der Waals surface area contributed by atoms with Gasteiger partial charge in [0, 0.05) is 26.2 Å². The minimum Gasteiger partial charge on any atom is -0.333 e. The van der Waals surface area contributed by atoms with Gasteiger partial charge in [-0.3, -0.25) is 4.90 Å². The van der Waals surface area contributed by atoms with Crippen molar-refractivity contribution in [2.45, 2.75) is 26.3 Å². The molecule has 0 saturated carbocycles. The predicted molar refractivity (Wildman–Crippen MR) is 87.5 cm³/mol. The molecule has 3 heterocycles. The second-order valence-electron chi connectivity index (χ2n) is 5.24. The second-order valence-corrected chi connectivity index (χ2v) is 7.61. The number of aryl methyl sites for hydroxylation is 1. The fourth-order valence-electron chi connectivity index (χ4n) is 2.63. The van der Waals surface area contributed by atoms with Crippen molar-refractivity contribution in [3.05, 3.63) is 21.2 Å². The van der Waals surface area contributed by atoms with Gasteiger partial charge in [-0.25, -0.2) is 0 Å². The topological polar surface area (TPSA) is 54.2 Å². The Balaban J connectivity index is 1.82. The van der Waals surface area contributed by atoms with Crippen LogP contribution in [0.1, 0.15) is 30.8 Å². The highest BCUT2D eigenvalue weighted by Crippen LogP contribution is 2.34. The lowest BCUT2D eigenvalue weighted by atomic mass is 10.1. The molecule has 1 atom stereocenters. The van der Waals surface area contributed by atoms with Crippen LogP contribution in [0.5, 0.6) is 0 Å². The summed E-state index contributed by atoms with van der Waals surface area (Å²) in [5.74, 6) is 1.42. The molecule has 1 aliphatic heterocycles. The summed E-state index contributed by atoms with van der Waals surface area (Å²) >= 11 is 5.17.